The van der Waals surface area contributed by atoms with E-state index in [9.17, 15) is 14.9 Å². The molecule has 0 saturated heterocycles. The highest BCUT2D eigenvalue weighted by molar-refractivity contribution is 5.58. The van der Waals surface area contributed by atoms with Gasteiger partial charge in [-0.3, -0.25) is 19.9 Å². The first-order chi connectivity index (χ1) is 13.0. The van der Waals surface area contributed by atoms with E-state index in [1.165, 1.54) is 0 Å². The Kier molecular flexibility index (Phi) is 7.26. The number of aromatic nitrogens is 2. The average molecular weight is 377 g/mol. The maximum absolute atomic E-state index is 12.1. The number of hydrogen-bond acceptors (Lipinski definition) is 8. The van der Waals surface area contributed by atoms with Gasteiger partial charge in [-0.05, 0) is 19.4 Å². The van der Waals surface area contributed by atoms with Crippen molar-refractivity contribution in [1.29, 1.82) is 0 Å². The summed E-state index contributed by atoms with van der Waals surface area (Å²) in [5.74, 6) is -0.336. The van der Waals surface area contributed by atoms with E-state index in [-0.39, 0.29) is 24.9 Å². The van der Waals surface area contributed by atoms with Crippen molar-refractivity contribution in [3.8, 4) is 0 Å². The molecule has 27 heavy (non-hydrogen) atoms. The van der Waals surface area contributed by atoms with Crippen molar-refractivity contribution >= 4 is 17.5 Å². The largest absolute Gasteiger partial charge is 0.376 e. The maximum atomic E-state index is 12.1. The molecule has 0 saturated carbocycles. The normalized spacial score (nSPS) is 10.9. The van der Waals surface area contributed by atoms with E-state index >= 15 is 0 Å². The smallest absolute Gasteiger partial charge is 0.369 e. The predicted octanol–water partition coefficient (Wildman–Crippen LogP) is 1.67. The summed E-state index contributed by atoms with van der Waals surface area (Å²) in [6, 6.07) is 9.30. The third kappa shape index (κ3) is 5.50. The van der Waals surface area contributed by atoms with Crippen LogP contribution in [0.3, 0.4) is 0 Å². The molecule has 0 aliphatic heterocycles. The second kappa shape index (κ2) is 9.64. The van der Waals surface area contributed by atoms with Crippen LogP contribution in [-0.4, -0.2) is 40.9 Å². The molecule has 1 aromatic carbocycles. The fourth-order valence-electron chi connectivity index (χ4n) is 2.59. The third-order valence-electron chi connectivity index (χ3n) is 3.67. The lowest BCUT2D eigenvalue weighted by Crippen LogP contribution is -2.37. The summed E-state index contributed by atoms with van der Waals surface area (Å²) in [5, 5.41) is 11.5. The van der Waals surface area contributed by atoms with Crippen molar-refractivity contribution in [2.45, 2.75) is 26.7 Å². The Morgan fingerprint density at radius 2 is 1.89 bits per heavy atom. The number of anilines is 2. The highest BCUT2D eigenvalue weighted by Gasteiger charge is 2.28. The van der Waals surface area contributed by atoms with E-state index in [2.05, 4.69) is 9.97 Å². The van der Waals surface area contributed by atoms with Crippen molar-refractivity contribution in [1.82, 2.24) is 9.97 Å². The van der Waals surface area contributed by atoms with Crippen LogP contribution in [0.15, 0.2) is 35.1 Å². The van der Waals surface area contributed by atoms with E-state index in [1.807, 2.05) is 44.2 Å². The van der Waals surface area contributed by atoms with Crippen LogP contribution >= 0.6 is 0 Å². The molecule has 0 bridgehead atoms. The van der Waals surface area contributed by atoms with Gasteiger partial charge < -0.3 is 20.1 Å². The summed E-state index contributed by atoms with van der Waals surface area (Å²) in [6.45, 7) is 4.83. The van der Waals surface area contributed by atoms with Gasteiger partial charge in [0.25, 0.3) is 0 Å². The molecule has 10 heteroatoms. The van der Waals surface area contributed by atoms with E-state index in [0.717, 1.165) is 5.56 Å². The Labute approximate surface area is 156 Å². The molecule has 0 spiro atoms. The molecular weight excluding hydrogens is 354 g/mol. The number of nitrogen functional groups attached to an aromatic ring is 1. The van der Waals surface area contributed by atoms with E-state index in [1.54, 1.807) is 4.90 Å². The van der Waals surface area contributed by atoms with Crippen molar-refractivity contribution in [2.24, 2.45) is 0 Å². The summed E-state index contributed by atoms with van der Waals surface area (Å²) >= 11 is 0. The number of benzene rings is 1. The van der Waals surface area contributed by atoms with Crippen LogP contribution in [0.1, 0.15) is 19.4 Å². The minimum absolute atomic E-state index is 0.130. The Morgan fingerprint density at radius 3 is 2.44 bits per heavy atom. The summed E-state index contributed by atoms with van der Waals surface area (Å²) in [5.41, 5.74) is 4.92. The van der Waals surface area contributed by atoms with E-state index in [4.69, 9.17) is 15.2 Å². The monoisotopic (exact) mass is 377 g/mol. The molecule has 2 aromatic rings. The number of hydrogen-bond donors (Lipinski definition) is 2. The SMILES string of the molecule is CCOC(CN(Cc1ccccc1)c1nc(N)[nH]c(=O)c1[N+](=O)[O-])OCC. The molecule has 0 unspecified atom stereocenters. The topological polar surface area (TPSA) is 137 Å². The molecule has 0 amide bonds. The van der Waals surface area contributed by atoms with Crippen LogP contribution in [0.4, 0.5) is 17.5 Å². The summed E-state index contributed by atoms with van der Waals surface area (Å²) in [7, 11) is 0. The van der Waals surface area contributed by atoms with Crippen LogP contribution in [0, 0.1) is 10.1 Å². The highest BCUT2D eigenvalue weighted by atomic mass is 16.7. The number of H-pyrrole nitrogens is 1. The van der Waals surface area contributed by atoms with Gasteiger partial charge in [0.2, 0.25) is 11.8 Å². The Hall–Kier alpha value is -2.98. The zero-order valence-electron chi connectivity index (χ0n) is 15.3. The third-order valence-corrected chi connectivity index (χ3v) is 3.67. The zero-order chi connectivity index (χ0) is 19.8. The Morgan fingerprint density at radius 1 is 1.26 bits per heavy atom. The predicted molar refractivity (Wildman–Crippen MR) is 100 cm³/mol. The van der Waals surface area contributed by atoms with Crippen molar-refractivity contribution in [2.75, 3.05) is 30.4 Å². The quantitative estimate of drug-likeness (QED) is 0.362. The number of nitrogens with two attached hydrogens (primary N) is 1. The van der Waals surface area contributed by atoms with Gasteiger partial charge >= 0.3 is 11.2 Å². The van der Waals surface area contributed by atoms with Crippen molar-refractivity contribution in [3.63, 3.8) is 0 Å². The second-order valence-corrected chi connectivity index (χ2v) is 5.59. The maximum Gasteiger partial charge on any atom is 0.376 e. The van der Waals surface area contributed by atoms with E-state index < -0.39 is 22.5 Å². The molecule has 146 valence electrons. The first-order valence-corrected chi connectivity index (χ1v) is 8.52. The number of nitrogens with zero attached hydrogens (tertiary/aromatic N) is 3. The highest BCUT2D eigenvalue weighted by Crippen LogP contribution is 2.24. The zero-order valence-corrected chi connectivity index (χ0v) is 15.3. The Bertz CT molecular complexity index is 805. The van der Waals surface area contributed by atoms with Gasteiger partial charge in [-0.25, -0.2) is 0 Å². The van der Waals surface area contributed by atoms with Crippen molar-refractivity contribution in [3.05, 3.63) is 56.4 Å². The van der Waals surface area contributed by atoms with Gasteiger partial charge in [0, 0.05) is 19.8 Å². The lowest BCUT2D eigenvalue weighted by atomic mass is 10.2. The number of rotatable bonds is 10. The van der Waals surface area contributed by atoms with Crippen molar-refractivity contribution < 1.29 is 14.4 Å². The average Bonchev–Trinajstić information content (AvgIpc) is 2.61. The number of aromatic amines is 1. The van der Waals surface area contributed by atoms with Gasteiger partial charge in [-0.15, -0.1) is 0 Å². The molecule has 0 aliphatic carbocycles. The molecule has 0 atom stereocenters. The van der Waals surface area contributed by atoms with Gasteiger partial charge in [-0.2, -0.15) is 4.98 Å². The lowest BCUT2D eigenvalue weighted by Gasteiger charge is -2.28. The van der Waals surface area contributed by atoms with Crippen LogP contribution < -0.4 is 16.2 Å². The van der Waals surface area contributed by atoms with Gasteiger partial charge in [0.15, 0.2) is 6.29 Å². The molecule has 1 heterocycles. The summed E-state index contributed by atoms with van der Waals surface area (Å²) in [4.78, 5) is 30.5. The molecule has 2 rings (SSSR count). The number of nitro groups is 1. The molecule has 10 nitrogen and oxygen atoms in total. The van der Waals surface area contributed by atoms with Crippen LogP contribution in [0.5, 0.6) is 0 Å². The molecule has 0 radical (unpaired) electrons. The van der Waals surface area contributed by atoms with Gasteiger partial charge in [0.05, 0.1) is 11.5 Å². The molecule has 1 aromatic heterocycles. The fraction of sp³-hybridized carbons (Fsp3) is 0.412. The minimum Gasteiger partial charge on any atom is -0.369 e. The summed E-state index contributed by atoms with van der Waals surface area (Å²) in [6.07, 6.45) is -0.648. The molecule has 3 N–H and O–H groups in total. The van der Waals surface area contributed by atoms with Crippen LogP contribution in [0.25, 0.3) is 0 Å². The lowest BCUT2D eigenvalue weighted by molar-refractivity contribution is -0.385. The first-order valence-electron chi connectivity index (χ1n) is 8.52. The molecule has 0 fully saturated rings. The molecule has 0 aliphatic rings. The van der Waals surface area contributed by atoms with E-state index in [0.29, 0.717) is 13.2 Å². The van der Waals surface area contributed by atoms with Crippen LogP contribution in [-0.2, 0) is 16.0 Å². The van der Waals surface area contributed by atoms with Gasteiger partial charge in [0.1, 0.15) is 0 Å². The molecular formula is C17H23N5O5. The van der Waals surface area contributed by atoms with Gasteiger partial charge in [-0.1, -0.05) is 30.3 Å². The Balaban J connectivity index is 2.48. The van der Waals surface area contributed by atoms with Crippen LogP contribution in [0.2, 0.25) is 0 Å². The first kappa shape index (κ1) is 20.3. The second-order valence-electron chi connectivity index (χ2n) is 5.59. The minimum atomic E-state index is -0.912. The fourth-order valence-corrected chi connectivity index (χ4v) is 2.59. The number of nitrogens with one attached hydrogen (secondary N) is 1. The number of ether oxygens (including phenoxy) is 2. The standard InChI is InChI=1S/C17H23N5O5/c1-3-26-13(27-4-2)11-21(10-12-8-6-5-7-9-12)15-14(22(24)25)16(23)20-17(18)19-15/h5-9,13H,3-4,10-11H2,1-2H3,(H3,18,19,20,23). The summed E-state index contributed by atoms with van der Waals surface area (Å²) < 4.78 is 11.1.